The second kappa shape index (κ2) is 10.6. The van der Waals surface area contributed by atoms with E-state index in [2.05, 4.69) is 10.0 Å². The Morgan fingerprint density at radius 3 is 2.67 bits per heavy atom. The average molecular weight is 416 g/mol. The van der Waals surface area contributed by atoms with Crippen LogP contribution in [0.25, 0.3) is 10.4 Å². The van der Waals surface area contributed by atoms with Crippen LogP contribution in [0, 0.1) is 5.92 Å². The third-order valence-electron chi connectivity index (χ3n) is 4.57. The van der Waals surface area contributed by atoms with Gasteiger partial charge in [0.15, 0.2) is 0 Å². The molecule has 0 saturated carbocycles. The standard InChI is InChI=1S/C21H28N4O5/c1-21(2,3)30-18(26)13-16(10-7-11-23-24-22)19(27)25-17(14-29-20(25)28)12-15-8-5-4-6-9-15/h4-6,8-9,16-17H,7,10-14H2,1-3H3/t16-,17?/m1/s1. The molecule has 1 heterocycles. The molecule has 2 amide bonds. The first-order valence-electron chi connectivity index (χ1n) is 9.97. The van der Waals surface area contributed by atoms with Crippen LogP contribution in [0.2, 0.25) is 0 Å². The van der Waals surface area contributed by atoms with Crippen LogP contribution in [0.15, 0.2) is 35.4 Å². The highest BCUT2D eigenvalue weighted by atomic mass is 16.6. The summed E-state index contributed by atoms with van der Waals surface area (Å²) in [7, 11) is 0. The molecule has 1 aliphatic heterocycles. The van der Waals surface area contributed by atoms with Crippen molar-refractivity contribution in [2.45, 2.75) is 58.1 Å². The Balaban J connectivity index is 2.14. The fourth-order valence-electron chi connectivity index (χ4n) is 3.31. The van der Waals surface area contributed by atoms with Gasteiger partial charge >= 0.3 is 12.1 Å². The minimum atomic E-state index is -0.766. The molecular formula is C21H28N4O5. The first kappa shape index (κ1) is 23.2. The van der Waals surface area contributed by atoms with Gasteiger partial charge in [0, 0.05) is 17.4 Å². The molecule has 9 nitrogen and oxygen atoms in total. The molecule has 162 valence electrons. The summed E-state index contributed by atoms with van der Waals surface area (Å²) >= 11 is 0. The number of benzene rings is 1. The summed E-state index contributed by atoms with van der Waals surface area (Å²) in [4.78, 5) is 41.7. The zero-order valence-corrected chi connectivity index (χ0v) is 17.6. The average Bonchev–Trinajstić information content (AvgIpc) is 3.03. The maximum absolute atomic E-state index is 13.2. The fourth-order valence-corrected chi connectivity index (χ4v) is 3.31. The Morgan fingerprint density at radius 2 is 2.03 bits per heavy atom. The molecule has 0 spiro atoms. The topological polar surface area (TPSA) is 122 Å². The number of imide groups is 1. The molecule has 2 atom stereocenters. The van der Waals surface area contributed by atoms with Crippen molar-refractivity contribution in [2.75, 3.05) is 13.2 Å². The van der Waals surface area contributed by atoms with E-state index in [9.17, 15) is 14.4 Å². The number of azide groups is 1. The van der Waals surface area contributed by atoms with Crippen LogP contribution in [-0.2, 0) is 25.5 Å². The molecule has 1 unspecified atom stereocenters. The van der Waals surface area contributed by atoms with E-state index in [4.69, 9.17) is 15.0 Å². The van der Waals surface area contributed by atoms with E-state index >= 15 is 0 Å². The highest BCUT2D eigenvalue weighted by Crippen LogP contribution is 2.24. The molecule has 1 fully saturated rings. The summed E-state index contributed by atoms with van der Waals surface area (Å²) in [5, 5.41) is 3.47. The summed E-state index contributed by atoms with van der Waals surface area (Å²) in [5.74, 6) is -1.75. The molecule has 1 saturated heterocycles. The van der Waals surface area contributed by atoms with Crippen LogP contribution in [0.1, 0.15) is 45.6 Å². The second-order valence-corrected chi connectivity index (χ2v) is 8.21. The van der Waals surface area contributed by atoms with Crippen LogP contribution in [0.5, 0.6) is 0 Å². The summed E-state index contributed by atoms with van der Waals surface area (Å²) < 4.78 is 10.5. The maximum atomic E-state index is 13.2. The zero-order valence-electron chi connectivity index (χ0n) is 17.6. The third kappa shape index (κ3) is 7.08. The summed E-state index contributed by atoms with van der Waals surface area (Å²) in [5.41, 5.74) is 8.74. The maximum Gasteiger partial charge on any atom is 0.416 e. The second-order valence-electron chi connectivity index (χ2n) is 8.21. The summed E-state index contributed by atoms with van der Waals surface area (Å²) in [6.45, 7) is 5.55. The van der Waals surface area contributed by atoms with Crippen molar-refractivity contribution in [3.05, 3.63) is 46.3 Å². The molecule has 0 N–H and O–H groups in total. The number of carbonyl (C=O) groups is 3. The molecule has 0 radical (unpaired) electrons. The number of amides is 2. The number of nitrogens with zero attached hydrogens (tertiary/aromatic N) is 4. The number of cyclic esters (lactones) is 1. The van der Waals surface area contributed by atoms with Crippen molar-refractivity contribution in [1.29, 1.82) is 0 Å². The highest BCUT2D eigenvalue weighted by molar-refractivity contribution is 5.96. The van der Waals surface area contributed by atoms with E-state index in [1.807, 2.05) is 30.3 Å². The lowest BCUT2D eigenvalue weighted by Gasteiger charge is -2.26. The van der Waals surface area contributed by atoms with Crippen molar-refractivity contribution in [3.63, 3.8) is 0 Å². The molecule has 9 heteroatoms. The van der Waals surface area contributed by atoms with Crippen LogP contribution in [0.4, 0.5) is 4.79 Å². The summed E-state index contributed by atoms with van der Waals surface area (Å²) in [6, 6.07) is 9.07. The van der Waals surface area contributed by atoms with Gasteiger partial charge in [-0.2, -0.15) is 0 Å². The lowest BCUT2D eigenvalue weighted by Crippen LogP contribution is -2.44. The third-order valence-corrected chi connectivity index (χ3v) is 4.57. The van der Waals surface area contributed by atoms with Gasteiger partial charge in [0.05, 0.1) is 12.5 Å². The van der Waals surface area contributed by atoms with Crippen LogP contribution >= 0.6 is 0 Å². The van der Waals surface area contributed by atoms with Gasteiger partial charge in [-0.1, -0.05) is 35.4 Å². The van der Waals surface area contributed by atoms with Crippen LogP contribution in [0.3, 0.4) is 0 Å². The molecule has 1 aromatic carbocycles. The normalized spacial score (nSPS) is 17.1. The molecule has 1 aliphatic rings. The van der Waals surface area contributed by atoms with Crippen molar-refractivity contribution in [1.82, 2.24) is 4.90 Å². The lowest BCUT2D eigenvalue weighted by molar-refractivity contribution is -0.158. The molecule has 1 aromatic rings. The predicted molar refractivity (Wildman–Crippen MR) is 109 cm³/mol. The van der Waals surface area contributed by atoms with E-state index in [0.717, 1.165) is 10.5 Å². The lowest BCUT2D eigenvalue weighted by atomic mass is 9.96. The molecular weight excluding hydrogens is 388 g/mol. The fraction of sp³-hybridized carbons (Fsp3) is 0.571. The Morgan fingerprint density at radius 1 is 1.33 bits per heavy atom. The molecule has 0 aliphatic carbocycles. The van der Waals surface area contributed by atoms with Crippen LogP contribution in [-0.4, -0.2) is 47.7 Å². The molecule has 30 heavy (non-hydrogen) atoms. The Hall–Kier alpha value is -3.06. The largest absolute Gasteiger partial charge is 0.460 e. The van der Waals surface area contributed by atoms with Gasteiger partial charge < -0.3 is 9.47 Å². The smallest absolute Gasteiger partial charge is 0.416 e. The SMILES string of the molecule is CC(C)(C)OC(=O)C[C@@H](CCCN=[N+]=[N-])C(=O)N1C(=O)OCC1Cc1ccccc1. The highest BCUT2D eigenvalue weighted by Gasteiger charge is 2.41. The van der Waals surface area contributed by atoms with Gasteiger partial charge in [-0.15, -0.1) is 0 Å². The van der Waals surface area contributed by atoms with Crippen molar-refractivity contribution >= 4 is 18.0 Å². The number of ether oxygens (including phenoxy) is 2. The van der Waals surface area contributed by atoms with Crippen LogP contribution < -0.4 is 0 Å². The molecule has 0 aromatic heterocycles. The van der Waals surface area contributed by atoms with Crippen molar-refractivity contribution in [2.24, 2.45) is 11.0 Å². The quantitative estimate of drug-likeness (QED) is 0.198. The zero-order chi connectivity index (χ0) is 22.1. The number of carbonyl (C=O) groups excluding carboxylic acids is 3. The monoisotopic (exact) mass is 416 g/mol. The Bertz CT molecular complexity index is 799. The predicted octanol–water partition coefficient (Wildman–Crippen LogP) is 4.02. The van der Waals surface area contributed by atoms with E-state index in [1.54, 1.807) is 20.8 Å². The van der Waals surface area contributed by atoms with Gasteiger partial charge in [0.25, 0.3) is 0 Å². The molecule has 2 rings (SSSR count). The van der Waals surface area contributed by atoms with E-state index in [-0.39, 0.29) is 19.6 Å². The first-order valence-corrected chi connectivity index (χ1v) is 9.97. The number of hydrogen-bond donors (Lipinski definition) is 0. The van der Waals surface area contributed by atoms with Gasteiger partial charge in [-0.3, -0.25) is 9.59 Å². The van der Waals surface area contributed by atoms with Gasteiger partial charge in [-0.05, 0) is 51.1 Å². The minimum Gasteiger partial charge on any atom is -0.460 e. The number of hydrogen-bond acceptors (Lipinski definition) is 6. The van der Waals surface area contributed by atoms with Gasteiger partial charge in [0.2, 0.25) is 5.91 Å². The Labute approximate surface area is 176 Å². The van der Waals surface area contributed by atoms with Crippen molar-refractivity contribution < 1.29 is 23.9 Å². The Kier molecular flexibility index (Phi) is 8.24. The summed E-state index contributed by atoms with van der Waals surface area (Å²) in [6.07, 6.45) is 0.309. The number of esters is 1. The number of rotatable bonds is 9. The first-order chi connectivity index (χ1) is 14.2. The van der Waals surface area contributed by atoms with Gasteiger partial charge in [-0.25, -0.2) is 9.69 Å². The molecule has 0 bridgehead atoms. The van der Waals surface area contributed by atoms with E-state index in [1.165, 1.54) is 0 Å². The van der Waals surface area contributed by atoms with E-state index < -0.39 is 35.5 Å². The minimum absolute atomic E-state index is 0.108. The van der Waals surface area contributed by atoms with E-state index in [0.29, 0.717) is 19.3 Å². The van der Waals surface area contributed by atoms with Gasteiger partial charge in [0.1, 0.15) is 12.2 Å². The van der Waals surface area contributed by atoms with Crippen molar-refractivity contribution in [3.8, 4) is 0 Å².